The standard InChI is InChI=1S/C20H22N4O3/c1-13(2)19-22-17(23-27-19)11-12-24(3)20(26)15-9-10-16(21-18(15)25)14-7-5-4-6-8-14/h4-10,13H,11-12H2,1-3H3,(H,21,25). The quantitative estimate of drug-likeness (QED) is 0.724. The van der Waals surface area contributed by atoms with Crippen LogP contribution in [-0.2, 0) is 6.42 Å². The van der Waals surface area contributed by atoms with E-state index in [1.165, 1.54) is 4.90 Å². The van der Waals surface area contributed by atoms with Crippen LogP contribution in [0.1, 0.15) is 41.8 Å². The van der Waals surface area contributed by atoms with E-state index in [4.69, 9.17) is 4.52 Å². The summed E-state index contributed by atoms with van der Waals surface area (Å²) in [6.07, 6.45) is 0.457. The number of amides is 1. The van der Waals surface area contributed by atoms with E-state index in [1.807, 2.05) is 44.2 Å². The molecule has 0 atom stereocenters. The van der Waals surface area contributed by atoms with Gasteiger partial charge in [-0.3, -0.25) is 9.59 Å². The van der Waals surface area contributed by atoms with Crippen molar-refractivity contribution >= 4 is 5.91 Å². The molecule has 0 bridgehead atoms. The lowest BCUT2D eigenvalue weighted by atomic mass is 10.1. The van der Waals surface area contributed by atoms with Gasteiger partial charge in [0, 0.05) is 31.6 Å². The molecule has 140 valence electrons. The summed E-state index contributed by atoms with van der Waals surface area (Å²) in [5.41, 5.74) is 1.26. The monoisotopic (exact) mass is 366 g/mol. The molecule has 7 heteroatoms. The molecule has 0 fully saturated rings. The third kappa shape index (κ3) is 4.31. The topological polar surface area (TPSA) is 92.1 Å². The molecule has 0 spiro atoms. The molecule has 0 saturated carbocycles. The number of aromatic amines is 1. The molecule has 1 N–H and O–H groups in total. The summed E-state index contributed by atoms with van der Waals surface area (Å²) in [6.45, 7) is 4.33. The minimum atomic E-state index is -0.408. The predicted molar refractivity (Wildman–Crippen MR) is 102 cm³/mol. The molecule has 3 rings (SSSR count). The second-order valence-corrected chi connectivity index (χ2v) is 6.66. The molecule has 2 aromatic heterocycles. The van der Waals surface area contributed by atoms with Gasteiger partial charge in [0.15, 0.2) is 5.82 Å². The van der Waals surface area contributed by atoms with Crippen LogP contribution in [0, 0.1) is 0 Å². The maximum atomic E-state index is 12.6. The molecule has 0 aliphatic heterocycles. The van der Waals surface area contributed by atoms with Gasteiger partial charge in [0.2, 0.25) is 5.89 Å². The number of likely N-dealkylation sites (N-methyl/N-ethyl adjacent to an activating group) is 1. The Hall–Kier alpha value is -3.22. The Morgan fingerprint density at radius 1 is 1.19 bits per heavy atom. The highest BCUT2D eigenvalue weighted by molar-refractivity contribution is 5.93. The van der Waals surface area contributed by atoms with E-state index >= 15 is 0 Å². The lowest BCUT2D eigenvalue weighted by Crippen LogP contribution is -2.33. The van der Waals surface area contributed by atoms with E-state index in [1.54, 1.807) is 19.2 Å². The Kier molecular flexibility index (Phi) is 5.49. The van der Waals surface area contributed by atoms with Crippen molar-refractivity contribution in [1.82, 2.24) is 20.0 Å². The van der Waals surface area contributed by atoms with E-state index < -0.39 is 5.56 Å². The average molecular weight is 366 g/mol. The Morgan fingerprint density at radius 2 is 1.93 bits per heavy atom. The third-order valence-electron chi connectivity index (χ3n) is 4.22. The molecule has 3 aromatic rings. The number of carbonyl (C=O) groups excluding carboxylic acids is 1. The van der Waals surface area contributed by atoms with Gasteiger partial charge in [0.25, 0.3) is 11.5 Å². The first-order valence-electron chi connectivity index (χ1n) is 8.82. The van der Waals surface area contributed by atoms with Crippen molar-refractivity contribution < 1.29 is 9.32 Å². The largest absolute Gasteiger partial charge is 0.341 e. The predicted octanol–water partition coefficient (Wildman–Crippen LogP) is 2.86. The smallest absolute Gasteiger partial charge is 0.261 e. The van der Waals surface area contributed by atoms with Crippen LogP contribution >= 0.6 is 0 Å². The molecular weight excluding hydrogens is 344 g/mol. The summed E-state index contributed by atoms with van der Waals surface area (Å²) in [5.74, 6) is 0.939. The number of hydrogen-bond donors (Lipinski definition) is 1. The first-order chi connectivity index (χ1) is 13.0. The molecule has 0 unspecified atom stereocenters. The van der Waals surface area contributed by atoms with Gasteiger partial charge in [-0.2, -0.15) is 4.98 Å². The van der Waals surface area contributed by atoms with Gasteiger partial charge >= 0.3 is 0 Å². The molecular formula is C20H22N4O3. The molecule has 0 aliphatic rings. The molecule has 2 heterocycles. The maximum Gasteiger partial charge on any atom is 0.261 e. The minimum Gasteiger partial charge on any atom is -0.341 e. The van der Waals surface area contributed by atoms with Crippen LogP contribution in [0.2, 0.25) is 0 Å². The number of aromatic nitrogens is 3. The second-order valence-electron chi connectivity index (χ2n) is 6.66. The first kappa shape index (κ1) is 18.6. The number of pyridine rings is 1. The van der Waals surface area contributed by atoms with E-state index in [0.29, 0.717) is 30.4 Å². The van der Waals surface area contributed by atoms with Crippen molar-refractivity contribution in [3.8, 4) is 11.3 Å². The van der Waals surface area contributed by atoms with Gasteiger partial charge < -0.3 is 14.4 Å². The zero-order valence-corrected chi connectivity index (χ0v) is 15.6. The lowest BCUT2D eigenvalue weighted by molar-refractivity contribution is 0.0794. The molecule has 1 amide bonds. The molecule has 7 nitrogen and oxygen atoms in total. The van der Waals surface area contributed by atoms with Crippen LogP contribution in [0.4, 0.5) is 0 Å². The lowest BCUT2D eigenvalue weighted by Gasteiger charge is -2.16. The van der Waals surface area contributed by atoms with Gasteiger partial charge in [0.05, 0.1) is 0 Å². The van der Waals surface area contributed by atoms with Crippen molar-refractivity contribution in [2.75, 3.05) is 13.6 Å². The number of carbonyl (C=O) groups is 1. The van der Waals surface area contributed by atoms with Crippen LogP contribution in [0.15, 0.2) is 51.8 Å². The highest BCUT2D eigenvalue weighted by Gasteiger charge is 2.17. The number of benzene rings is 1. The Balaban J connectivity index is 1.68. The Labute approximate surface area is 157 Å². The van der Waals surface area contributed by atoms with Crippen molar-refractivity contribution in [3.05, 3.63) is 70.1 Å². The molecule has 0 radical (unpaired) electrons. The van der Waals surface area contributed by atoms with Gasteiger partial charge in [-0.1, -0.05) is 49.3 Å². The van der Waals surface area contributed by atoms with Gasteiger partial charge in [0.1, 0.15) is 5.56 Å². The van der Waals surface area contributed by atoms with Crippen LogP contribution in [0.25, 0.3) is 11.3 Å². The summed E-state index contributed by atoms with van der Waals surface area (Å²) in [7, 11) is 1.65. The zero-order chi connectivity index (χ0) is 19.4. The van der Waals surface area contributed by atoms with Crippen LogP contribution < -0.4 is 5.56 Å². The SMILES string of the molecule is CC(C)c1nc(CCN(C)C(=O)c2ccc(-c3ccccc3)[nH]c2=O)no1. The molecule has 27 heavy (non-hydrogen) atoms. The molecule has 0 saturated heterocycles. The number of hydrogen-bond acceptors (Lipinski definition) is 5. The first-order valence-corrected chi connectivity index (χ1v) is 8.82. The van der Waals surface area contributed by atoms with Gasteiger partial charge in [-0.25, -0.2) is 0 Å². The van der Waals surface area contributed by atoms with Gasteiger partial charge in [-0.05, 0) is 17.7 Å². The Morgan fingerprint density at radius 3 is 2.56 bits per heavy atom. The summed E-state index contributed by atoms with van der Waals surface area (Å²) >= 11 is 0. The highest BCUT2D eigenvalue weighted by Crippen LogP contribution is 2.15. The molecule has 0 aliphatic carbocycles. The van der Waals surface area contributed by atoms with E-state index in [-0.39, 0.29) is 17.4 Å². The second kappa shape index (κ2) is 7.99. The number of H-pyrrole nitrogens is 1. The fraction of sp³-hybridized carbons (Fsp3) is 0.300. The van der Waals surface area contributed by atoms with E-state index in [2.05, 4.69) is 15.1 Å². The molecule has 1 aromatic carbocycles. The maximum absolute atomic E-state index is 12.6. The summed E-state index contributed by atoms with van der Waals surface area (Å²) in [5, 5.41) is 3.91. The third-order valence-corrected chi connectivity index (χ3v) is 4.22. The van der Waals surface area contributed by atoms with Crippen LogP contribution in [0.5, 0.6) is 0 Å². The summed E-state index contributed by atoms with van der Waals surface area (Å²) in [4.78, 5) is 33.5. The van der Waals surface area contributed by atoms with Crippen LogP contribution in [0.3, 0.4) is 0 Å². The van der Waals surface area contributed by atoms with Crippen molar-refractivity contribution in [2.45, 2.75) is 26.2 Å². The summed E-state index contributed by atoms with van der Waals surface area (Å²) in [6, 6.07) is 12.8. The average Bonchev–Trinajstić information content (AvgIpc) is 3.15. The van der Waals surface area contributed by atoms with Crippen molar-refractivity contribution in [3.63, 3.8) is 0 Å². The summed E-state index contributed by atoms with van der Waals surface area (Å²) < 4.78 is 5.16. The zero-order valence-electron chi connectivity index (χ0n) is 15.6. The highest BCUT2D eigenvalue weighted by atomic mass is 16.5. The minimum absolute atomic E-state index is 0.105. The Bertz CT molecular complexity index is 976. The van der Waals surface area contributed by atoms with Crippen molar-refractivity contribution in [2.24, 2.45) is 0 Å². The van der Waals surface area contributed by atoms with E-state index in [9.17, 15) is 9.59 Å². The number of nitrogens with zero attached hydrogens (tertiary/aromatic N) is 3. The van der Waals surface area contributed by atoms with Crippen LogP contribution in [-0.4, -0.2) is 39.5 Å². The normalized spacial score (nSPS) is 11.0. The number of nitrogens with one attached hydrogen (secondary N) is 1. The fourth-order valence-corrected chi connectivity index (χ4v) is 2.61. The fourth-order valence-electron chi connectivity index (χ4n) is 2.61. The van der Waals surface area contributed by atoms with Gasteiger partial charge in [-0.15, -0.1) is 0 Å². The van der Waals surface area contributed by atoms with E-state index in [0.717, 1.165) is 5.56 Å². The number of rotatable bonds is 6. The van der Waals surface area contributed by atoms with Crippen molar-refractivity contribution in [1.29, 1.82) is 0 Å².